The van der Waals surface area contributed by atoms with Crippen LogP contribution in [0.5, 0.6) is 0 Å². The largest absolute Gasteiger partial charge is 0.480 e. The summed E-state index contributed by atoms with van der Waals surface area (Å²) in [7, 11) is 1.78. The van der Waals surface area contributed by atoms with Crippen molar-refractivity contribution in [3.05, 3.63) is 35.4 Å². The minimum absolute atomic E-state index is 0.485. The van der Waals surface area contributed by atoms with Crippen molar-refractivity contribution in [2.45, 2.75) is 25.9 Å². The van der Waals surface area contributed by atoms with Gasteiger partial charge >= 0.3 is 5.97 Å². The van der Waals surface area contributed by atoms with E-state index in [0.29, 0.717) is 18.5 Å². The lowest BCUT2D eigenvalue weighted by Crippen LogP contribution is -2.37. The third-order valence-corrected chi connectivity index (χ3v) is 2.69. The van der Waals surface area contributed by atoms with Crippen molar-refractivity contribution >= 4 is 5.97 Å². The summed E-state index contributed by atoms with van der Waals surface area (Å²) in [5, 5.41) is 17.8. The standard InChI is InChI=1S/C13H16N2O2/c1-3-12(13(16)17)15(2)9-11-6-4-5-10(7-11)8-14/h4-7,12H,3,9H2,1-2H3,(H,16,17). The molecule has 0 aromatic heterocycles. The van der Waals surface area contributed by atoms with Gasteiger partial charge in [-0.3, -0.25) is 9.69 Å². The van der Waals surface area contributed by atoms with Crippen LogP contribution in [0, 0.1) is 11.3 Å². The molecule has 90 valence electrons. The Balaban J connectivity index is 2.76. The van der Waals surface area contributed by atoms with Crippen LogP contribution in [-0.2, 0) is 11.3 Å². The molecule has 4 nitrogen and oxygen atoms in total. The number of likely N-dealkylation sites (N-methyl/N-ethyl adjacent to an activating group) is 1. The van der Waals surface area contributed by atoms with E-state index in [4.69, 9.17) is 10.4 Å². The molecular formula is C13H16N2O2. The first-order chi connectivity index (χ1) is 8.08. The molecule has 0 saturated heterocycles. The first-order valence-corrected chi connectivity index (χ1v) is 5.50. The molecular weight excluding hydrogens is 216 g/mol. The van der Waals surface area contributed by atoms with E-state index in [1.807, 2.05) is 19.1 Å². The summed E-state index contributed by atoms with van der Waals surface area (Å²) >= 11 is 0. The maximum absolute atomic E-state index is 11.0. The number of nitrogens with zero attached hydrogens (tertiary/aromatic N) is 2. The molecule has 1 unspecified atom stereocenters. The molecule has 0 bridgehead atoms. The second-order valence-electron chi connectivity index (χ2n) is 3.99. The molecule has 0 aliphatic carbocycles. The van der Waals surface area contributed by atoms with E-state index in [1.54, 1.807) is 24.1 Å². The van der Waals surface area contributed by atoms with E-state index in [0.717, 1.165) is 5.56 Å². The minimum atomic E-state index is -0.813. The second kappa shape index (κ2) is 6.02. The molecule has 17 heavy (non-hydrogen) atoms. The highest BCUT2D eigenvalue weighted by Gasteiger charge is 2.20. The predicted molar refractivity (Wildman–Crippen MR) is 64.3 cm³/mol. The number of hydrogen-bond acceptors (Lipinski definition) is 3. The van der Waals surface area contributed by atoms with Crippen LogP contribution in [0.15, 0.2) is 24.3 Å². The Bertz CT molecular complexity index is 437. The van der Waals surface area contributed by atoms with Crippen LogP contribution in [-0.4, -0.2) is 29.1 Å². The maximum atomic E-state index is 11.0. The second-order valence-corrected chi connectivity index (χ2v) is 3.99. The molecule has 0 radical (unpaired) electrons. The fourth-order valence-electron chi connectivity index (χ4n) is 1.81. The number of hydrogen-bond donors (Lipinski definition) is 1. The van der Waals surface area contributed by atoms with E-state index in [-0.39, 0.29) is 0 Å². The highest BCUT2D eigenvalue weighted by molar-refractivity contribution is 5.73. The van der Waals surface area contributed by atoms with Gasteiger partial charge in [0, 0.05) is 6.54 Å². The molecule has 1 rings (SSSR count). The third-order valence-electron chi connectivity index (χ3n) is 2.69. The Morgan fingerprint density at radius 2 is 2.29 bits per heavy atom. The van der Waals surface area contributed by atoms with Crippen molar-refractivity contribution in [2.24, 2.45) is 0 Å². The molecule has 0 fully saturated rings. The fourth-order valence-corrected chi connectivity index (χ4v) is 1.81. The third kappa shape index (κ3) is 3.58. The van der Waals surface area contributed by atoms with E-state index in [1.165, 1.54) is 0 Å². The van der Waals surface area contributed by atoms with Crippen LogP contribution in [0.3, 0.4) is 0 Å². The summed E-state index contributed by atoms with van der Waals surface area (Å²) in [6, 6.07) is 8.81. The summed E-state index contributed by atoms with van der Waals surface area (Å²) in [6.45, 7) is 2.38. The summed E-state index contributed by atoms with van der Waals surface area (Å²) in [6.07, 6.45) is 0.559. The molecule has 1 N–H and O–H groups in total. The Morgan fingerprint density at radius 1 is 1.59 bits per heavy atom. The molecule has 0 heterocycles. The van der Waals surface area contributed by atoms with Crippen molar-refractivity contribution in [1.82, 2.24) is 4.90 Å². The molecule has 0 spiro atoms. The van der Waals surface area contributed by atoms with Gasteiger partial charge in [0.25, 0.3) is 0 Å². The van der Waals surface area contributed by atoms with Crippen molar-refractivity contribution in [2.75, 3.05) is 7.05 Å². The average molecular weight is 232 g/mol. The number of carboxylic acids is 1. The van der Waals surface area contributed by atoms with Crippen molar-refractivity contribution in [3.63, 3.8) is 0 Å². The monoisotopic (exact) mass is 232 g/mol. The van der Waals surface area contributed by atoms with Crippen LogP contribution < -0.4 is 0 Å². The zero-order valence-corrected chi connectivity index (χ0v) is 10.1. The minimum Gasteiger partial charge on any atom is -0.480 e. The van der Waals surface area contributed by atoms with Gasteiger partial charge in [0.05, 0.1) is 11.6 Å². The van der Waals surface area contributed by atoms with E-state index >= 15 is 0 Å². The van der Waals surface area contributed by atoms with Gasteiger partial charge in [-0.25, -0.2) is 0 Å². The van der Waals surface area contributed by atoms with Crippen molar-refractivity contribution in [1.29, 1.82) is 5.26 Å². The summed E-state index contributed by atoms with van der Waals surface area (Å²) in [4.78, 5) is 12.8. The molecule has 1 aromatic carbocycles. The van der Waals surface area contributed by atoms with Gasteiger partial charge in [-0.1, -0.05) is 19.1 Å². The van der Waals surface area contributed by atoms with Crippen LogP contribution in [0.1, 0.15) is 24.5 Å². The smallest absolute Gasteiger partial charge is 0.320 e. The Labute approximate surface area is 101 Å². The van der Waals surface area contributed by atoms with E-state index < -0.39 is 12.0 Å². The molecule has 0 aliphatic heterocycles. The summed E-state index contributed by atoms with van der Waals surface area (Å²) < 4.78 is 0. The van der Waals surface area contributed by atoms with Crippen molar-refractivity contribution in [3.8, 4) is 6.07 Å². The number of carboxylic acid groups (broad SMARTS) is 1. The molecule has 0 saturated carbocycles. The van der Waals surface area contributed by atoms with Gasteiger partial charge < -0.3 is 5.11 Å². The summed E-state index contributed by atoms with van der Waals surface area (Å²) in [5.74, 6) is -0.813. The number of nitriles is 1. The van der Waals surface area contributed by atoms with Crippen LogP contribution in [0.25, 0.3) is 0 Å². The zero-order chi connectivity index (χ0) is 12.8. The highest BCUT2D eigenvalue weighted by atomic mass is 16.4. The molecule has 1 aromatic rings. The first-order valence-electron chi connectivity index (χ1n) is 5.50. The normalized spacial score (nSPS) is 12.1. The van der Waals surface area contributed by atoms with E-state index in [2.05, 4.69) is 6.07 Å². The lowest BCUT2D eigenvalue weighted by Gasteiger charge is -2.23. The Morgan fingerprint density at radius 3 is 2.82 bits per heavy atom. The zero-order valence-electron chi connectivity index (χ0n) is 10.1. The SMILES string of the molecule is CCC(C(=O)O)N(C)Cc1cccc(C#N)c1. The number of aliphatic carboxylic acids is 1. The Hall–Kier alpha value is -1.86. The van der Waals surface area contributed by atoms with Gasteiger partial charge in [-0.15, -0.1) is 0 Å². The van der Waals surface area contributed by atoms with Gasteiger partial charge in [-0.05, 0) is 31.2 Å². The predicted octanol–water partition coefficient (Wildman–Crippen LogP) is 1.85. The summed E-state index contributed by atoms with van der Waals surface area (Å²) in [5.41, 5.74) is 1.55. The van der Waals surface area contributed by atoms with Gasteiger partial charge in [-0.2, -0.15) is 5.26 Å². The molecule has 0 amide bonds. The van der Waals surface area contributed by atoms with Crippen LogP contribution in [0.4, 0.5) is 0 Å². The topological polar surface area (TPSA) is 64.3 Å². The van der Waals surface area contributed by atoms with Crippen molar-refractivity contribution < 1.29 is 9.90 Å². The number of carbonyl (C=O) groups is 1. The molecule has 4 heteroatoms. The van der Waals surface area contributed by atoms with Gasteiger partial charge in [0.1, 0.15) is 6.04 Å². The van der Waals surface area contributed by atoms with Crippen LogP contribution in [0.2, 0.25) is 0 Å². The first kappa shape index (κ1) is 13.2. The van der Waals surface area contributed by atoms with Gasteiger partial charge in [0.2, 0.25) is 0 Å². The lowest BCUT2D eigenvalue weighted by molar-refractivity contribution is -0.143. The van der Waals surface area contributed by atoms with Crippen LogP contribution >= 0.6 is 0 Å². The number of benzene rings is 1. The maximum Gasteiger partial charge on any atom is 0.320 e. The fraction of sp³-hybridized carbons (Fsp3) is 0.385. The average Bonchev–Trinajstić information content (AvgIpc) is 2.29. The quantitative estimate of drug-likeness (QED) is 0.841. The van der Waals surface area contributed by atoms with Gasteiger partial charge in [0.15, 0.2) is 0 Å². The molecule has 0 aliphatic rings. The lowest BCUT2D eigenvalue weighted by atomic mass is 10.1. The molecule has 1 atom stereocenters. The Kier molecular flexibility index (Phi) is 4.68. The number of rotatable bonds is 5. The van der Waals surface area contributed by atoms with E-state index in [9.17, 15) is 4.79 Å². The highest BCUT2D eigenvalue weighted by Crippen LogP contribution is 2.10.